The maximum absolute atomic E-state index is 4.82. The van der Waals surface area contributed by atoms with Gasteiger partial charge in [0, 0.05) is 12.4 Å². The van der Waals surface area contributed by atoms with E-state index in [0.29, 0.717) is 0 Å². The molecule has 0 aliphatic heterocycles. The minimum absolute atomic E-state index is 0.787. The molecule has 0 aromatic carbocycles. The smallest absolute Gasteiger partial charge is 0.0894 e. The molecule has 0 unspecified atom stereocenters. The van der Waals surface area contributed by atoms with Crippen molar-refractivity contribution in [3.05, 3.63) is 103 Å². The van der Waals surface area contributed by atoms with Gasteiger partial charge in [-0.25, -0.2) is 15.0 Å². The van der Waals surface area contributed by atoms with Crippen molar-refractivity contribution >= 4 is 0 Å². The van der Waals surface area contributed by atoms with Crippen LogP contribution in [-0.2, 0) is 0 Å². The normalized spacial score (nSPS) is 10.7. The number of rotatable bonds is 4. The molecular formula is C25H17N5. The van der Waals surface area contributed by atoms with Crippen molar-refractivity contribution in [3.8, 4) is 45.6 Å². The van der Waals surface area contributed by atoms with Crippen molar-refractivity contribution in [1.29, 1.82) is 0 Å². The fourth-order valence-corrected chi connectivity index (χ4v) is 3.19. The molecule has 5 aromatic heterocycles. The van der Waals surface area contributed by atoms with Crippen molar-refractivity contribution in [3.63, 3.8) is 0 Å². The first-order valence-corrected chi connectivity index (χ1v) is 9.61. The average molecular weight is 387 g/mol. The van der Waals surface area contributed by atoms with Gasteiger partial charge in [0.1, 0.15) is 0 Å². The molecule has 5 heterocycles. The fraction of sp³-hybridized carbons (Fsp3) is 0. The van der Waals surface area contributed by atoms with Crippen molar-refractivity contribution in [2.24, 2.45) is 0 Å². The van der Waals surface area contributed by atoms with E-state index >= 15 is 0 Å². The summed E-state index contributed by atoms with van der Waals surface area (Å²) >= 11 is 0. The molecule has 142 valence electrons. The molecule has 5 nitrogen and oxygen atoms in total. The maximum atomic E-state index is 4.82. The number of hydrogen-bond donors (Lipinski definition) is 0. The Balaban J connectivity index is 1.52. The van der Waals surface area contributed by atoms with Gasteiger partial charge in [0.2, 0.25) is 0 Å². The van der Waals surface area contributed by atoms with Gasteiger partial charge in [0.05, 0.1) is 45.6 Å². The highest BCUT2D eigenvalue weighted by Crippen LogP contribution is 2.24. The highest BCUT2D eigenvalue weighted by molar-refractivity contribution is 5.66. The van der Waals surface area contributed by atoms with Crippen molar-refractivity contribution in [2.45, 2.75) is 0 Å². The second-order valence-corrected chi connectivity index (χ2v) is 6.65. The summed E-state index contributed by atoms with van der Waals surface area (Å²) in [5.41, 5.74) is 6.46. The topological polar surface area (TPSA) is 64.5 Å². The predicted molar refractivity (Wildman–Crippen MR) is 117 cm³/mol. The third-order valence-electron chi connectivity index (χ3n) is 4.63. The number of hydrogen-bond acceptors (Lipinski definition) is 5. The number of pyridine rings is 5. The zero-order valence-corrected chi connectivity index (χ0v) is 16.1. The molecule has 0 fully saturated rings. The summed E-state index contributed by atoms with van der Waals surface area (Å²) in [4.78, 5) is 23.1. The summed E-state index contributed by atoms with van der Waals surface area (Å²) in [5.74, 6) is 0. The Morgan fingerprint density at radius 3 is 0.900 bits per heavy atom. The second kappa shape index (κ2) is 8.01. The molecule has 0 N–H and O–H groups in total. The quantitative estimate of drug-likeness (QED) is 0.417. The molecule has 0 atom stereocenters. The lowest BCUT2D eigenvalue weighted by molar-refractivity contribution is 1.20. The lowest BCUT2D eigenvalue weighted by atomic mass is 10.1. The Labute approximate surface area is 174 Å². The van der Waals surface area contributed by atoms with E-state index in [1.807, 2.05) is 91.0 Å². The highest BCUT2D eigenvalue weighted by atomic mass is 14.8. The first kappa shape index (κ1) is 17.8. The molecule has 0 amide bonds. The Bertz CT molecular complexity index is 1190. The van der Waals surface area contributed by atoms with Crippen molar-refractivity contribution in [1.82, 2.24) is 24.9 Å². The van der Waals surface area contributed by atoms with Crippen LogP contribution in [0.4, 0.5) is 0 Å². The molecule has 0 radical (unpaired) electrons. The van der Waals surface area contributed by atoms with Gasteiger partial charge in [-0.3, -0.25) is 9.97 Å². The van der Waals surface area contributed by atoms with Crippen molar-refractivity contribution in [2.75, 3.05) is 0 Å². The Hall–Kier alpha value is -4.25. The number of nitrogens with zero attached hydrogens (tertiary/aromatic N) is 5. The lowest BCUT2D eigenvalue weighted by Gasteiger charge is -2.07. The molecule has 0 spiro atoms. The highest BCUT2D eigenvalue weighted by Gasteiger charge is 2.09. The van der Waals surface area contributed by atoms with Gasteiger partial charge in [-0.2, -0.15) is 0 Å². The van der Waals surface area contributed by atoms with E-state index in [4.69, 9.17) is 15.0 Å². The van der Waals surface area contributed by atoms with Crippen LogP contribution in [-0.4, -0.2) is 24.9 Å². The maximum Gasteiger partial charge on any atom is 0.0894 e. The monoisotopic (exact) mass is 387 g/mol. The minimum atomic E-state index is 0.787. The molecule has 0 bridgehead atoms. The summed E-state index contributed by atoms with van der Waals surface area (Å²) in [6.45, 7) is 0. The minimum Gasteiger partial charge on any atom is -0.255 e. The van der Waals surface area contributed by atoms with Crippen LogP contribution in [0.15, 0.2) is 103 Å². The van der Waals surface area contributed by atoms with Crippen LogP contribution in [0.2, 0.25) is 0 Å². The van der Waals surface area contributed by atoms with Gasteiger partial charge in [0.25, 0.3) is 0 Å². The first-order chi connectivity index (χ1) is 14.9. The molecule has 5 aromatic rings. The van der Waals surface area contributed by atoms with Crippen LogP contribution in [0.3, 0.4) is 0 Å². The Morgan fingerprint density at radius 1 is 0.300 bits per heavy atom. The van der Waals surface area contributed by atoms with Gasteiger partial charge in [-0.15, -0.1) is 0 Å². The second-order valence-electron chi connectivity index (χ2n) is 6.65. The molecular weight excluding hydrogens is 370 g/mol. The van der Waals surface area contributed by atoms with E-state index in [-0.39, 0.29) is 0 Å². The zero-order valence-electron chi connectivity index (χ0n) is 16.1. The average Bonchev–Trinajstić information content (AvgIpc) is 2.85. The van der Waals surface area contributed by atoms with Crippen molar-refractivity contribution < 1.29 is 0 Å². The molecule has 0 aliphatic carbocycles. The lowest BCUT2D eigenvalue weighted by Crippen LogP contribution is -1.95. The van der Waals surface area contributed by atoms with E-state index in [2.05, 4.69) is 9.97 Å². The Morgan fingerprint density at radius 2 is 0.600 bits per heavy atom. The van der Waals surface area contributed by atoms with Crippen LogP contribution in [0.25, 0.3) is 45.6 Å². The third-order valence-corrected chi connectivity index (χ3v) is 4.63. The SMILES string of the molecule is c1ccc(-c2cccc(-c3cccc(-c4cccc(-c5ccccn5)n4)n3)n2)nc1. The van der Waals surface area contributed by atoms with Gasteiger partial charge in [-0.1, -0.05) is 30.3 Å². The molecule has 5 heteroatoms. The van der Waals surface area contributed by atoms with E-state index in [1.54, 1.807) is 12.4 Å². The van der Waals surface area contributed by atoms with Crippen LogP contribution in [0, 0.1) is 0 Å². The fourth-order valence-electron chi connectivity index (χ4n) is 3.19. The largest absolute Gasteiger partial charge is 0.255 e. The van der Waals surface area contributed by atoms with Gasteiger partial charge >= 0.3 is 0 Å². The molecule has 0 saturated heterocycles. The van der Waals surface area contributed by atoms with E-state index < -0.39 is 0 Å². The summed E-state index contributed by atoms with van der Waals surface area (Å²) in [6.07, 6.45) is 3.53. The summed E-state index contributed by atoms with van der Waals surface area (Å²) in [5, 5.41) is 0. The molecule has 30 heavy (non-hydrogen) atoms. The Kier molecular flexibility index (Phi) is 4.76. The summed E-state index contributed by atoms with van der Waals surface area (Å²) in [6, 6.07) is 29.2. The van der Waals surface area contributed by atoms with Gasteiger partial charge in [0.15, 0.2) is 0 Å². The van der Waals surface area contributed by atoms with E-state index in [9.17, 15) is 0 Å². The first-order valence-electron chi connectivity index (χ1n) is 9.61. The van der Waals surface area contributed by atoms with E-state index in [0.717, 1.165) is 45.6 Å². The molecule has 0 aliphatic rings. The standard InChI is InChI=1S/C25H17N5/c1-3-16-26-18(8-1)20-10-5-12-22(28-20)24-14-7-15-25(30-24)23-13-6-11-21(29-23)19-9-2-4-17-27-19/h1-17H. The van der Waals surface area contributed by atoms with E-state index in [1.165, 1.54) is 0 Å². The predicted octanol–water partition coefficient (Wildman–Crippen LogP) is 5.33. The van der Waals surface area contributed by atoms with Crippen LogP contribution < -0.4 is 0 Å². The molecule has 0 saturated carbocycles. The van der Waals surface area contributed by atoms with Gasteiger partial charge in [-0.05, 0) is 60.7 Å². The summed E-state index contributed by atoms with van der Waals surface area (Å²) < 4.78 is 0. The van der Waals surface area contributed by atoms with Crippen LogP contribution >= 0.6 is 0 Å². The van der Waals surface area contributed by atoms with Crippen LogP contribution in [0.1, 0.15) is 0 Å². The molecule has 5 rings (SSSR count). The third kappa shape index (κ3) is 3.69. The zero-order chi connectivity index (χ0) is 20.2. The summed E-state index contributed by atoms with van der Waals surface area (Å²) in [7, 11) is 0. The van der Waals surface area contributed by atoms with Gasteiger partial charge < -0.3 is 0 Å². The number of aromatic nitrogens is 5. The van der Waals surface area contributed by atoms with Crippen LogP contribution in [0.5, 0.6) is 0 Å².